The van der Waals surface area contributed by atoms with Crippen molar-refractivity contribution < 1.29 is 22.3 Å². The lowest BCUT2D eigenvalue weighted by molar-refractivity contribution is -0.275. The average Bonchev–Trinajstić information content (AvgIpc) is 2.40. The first-order chi connectivity index (χ1) is 9.37. The van der Waals surface area contributed by atoms with Gasteiger partial charge in [-0.05, 0) is 36.5 Å². The summed E-state index contributed by atoms with van der Waals surface area (Å²) in [5, 5.41) is 0. The second kappa shape index (κ2) is 5.99. The van der Waals surface area contributed by atoms with Crippen LogP contribution in [0.1, 0.15) is 43.7 Å². The molecule has 1 aromatic carbocycles. The normalized spacial score (nSPS) is 18.9. The van der Waals surface area contributed by atoms with E-state index in [4.69, 9.17) is 5.73 Å². The molecule has 0 unspecified atom stereocenters. The predicted molar refractivity (Wildman–Crippen MR) is 66.6 cm³/mol. The predicted octanol–water partition coefficient (Wildman–Crippen LogP) is 4.30. The standard InChI is InChI=1S/C14H17F4NO/c15-11-8-10(6-7-12(11)20-14(16,17)18)13(19)9-4-2-1-3-5-9/h6-9,13H,1-5,19H2/t13-/m1/s1. The number of ether oxygens (including phenoxy) is 1. The van der Waals surface area contributed by atoms with Gasteiger partial charge in [0.15, 0.2) is 11.6 Å². The molecule has 0 aromatic heterocycles. The second-order valence-corrected chi connectivity index (χ2v) is 5.16. The maximum atomic E-state index is 13.6. The van der Waals surface area contributed by atoms with Crippen molar-refractivity contribution >= 4 is 0 Å². The zero-order valence-corrected chi connectivity index (χ0v) is 10.9. The van der Waals surface area contributed by atoms with Gasteiger partial charge in [-0.1, -0.05) is 25.3 Å². The van der Waals surface area contributed by atoms with Gasteiger partial charge in [0.1, 0.15) is 0 Å². The smallest absolute Gasteiger partial charge is 0.403 e. The minimum atomic E-state index is -4.89. The maximum absolute atomic E-state index is 13.6. The van der Waals surface area contributed by atoms with E-state index >= 15 is 0 Å². The highest BCUT2D eigenvalue weighted by Gasteiger charge is 2.32. The van der Waals surface area contributed by atoms with Crippen LogP contribution in [0.3, 0.4) is 0 Å². The van der Waals surface area contributed by atoms with Gasteiger partial charge < -0.3 is 10.5 Å². The van der Waals surface area contributed by atoms with E-state index in [0.29, 0.717) is 5.56 Å². The molecule has 0 saturated heterocycles. The van der Waals surface area contributed by atoms with Crippen LogP contribution < -0.4 is 10.5 Å². The highest BCUT2D eigenvalue weighted by atomic mass is 19.4. The number of benzene rings is 1. The molecule has 1 aromatic rings. The van der Waals surface area contributed by atoms with Crippen molar-refractivity contribution in [2.24, 2.45) is 11.7 Å². The molecule has 0 aliphatic heterocycles. The molecule has 1 saturated carbocycles. The molecule has 2 N–H and O–H groups in total. The summed E-state index contributed by atoms with van der Waals surface area (Å²) in [6.07, 6.45) is 0.420. The zero-order chi connectivity index (χ0) is 14.8. The highest BCUT2D eigenvalue weighted by molar-refractivity contribution is 5.31. The third kappa shape index (κ3) is 3.85. The molecule has 1 fully saturated rings. The quantitative estimate of drug-likeness (QED) is 0.842. The first kappa shape index (κ1) is 15.1. The van der Waals surface area contributed by atoms with Crippen LogP contribution in [0.15, 0.2) is 18.2 Å². The SMILES string of the molecule is N[C@@H](c1ccc(OC(F)(F)F)c(F)c1)C1CCCCC1. The lowest BCUT2D eigenvalue weighted by Crippen LogP contribution is -2.24. The van der Waals surface area contributed by atoms with Gasteiger partial charge in [-0.2, -0.15) is 0 Å². The van der Waals surface area contributed by atoms with E-state index in [-0.39, 0.29) is 12.0 Å². The molecule has 20 heavy (non-hydrogen) atoms. The molecule has 1 aliphatic rings. The van der Waals surface area contributed by atoms with E-state index in [1.807, 2.05) is 0 Å². The Morgan fingerprint density at radius 2 is 1.80 bits per heavy atom. The lowest BCUT2D eigenvalue weighted by atomic mass is 9.81. The Labute approximate surface area is 114 Å². The Balaban J connectivity index is 2.11. The van der Waals surface area contributed by atoms with Gasteiger partial charge >= 0.3 is 6.36 Å². The van der Waals surface area contributed by atoms with Crippen LogP contribution in [0.25, 0.3) is 0 Å². The first-order valence-corrected chi connectivity index (χ1v) is 6.67. The molecule has 0 spiro atoms. The van der Waals surface area contributed by atoms with Crippen LogP contribution in [0.5, 0.6) is 5.75 Å². The molecular weight excluding hydrogens is 274 g/mol. The molecule has 1 atom stereocenters. The fraction of sp³-hybridized carbons (Fsp3) is 0.571. The molecular formula is C14H17F4NO. The number of rotatable bonds is 3. The Morgan fingerprint density at radius 1 is 1.15 bits per heavy atom. The van der Waals surface area contributed by atoms with Crippen molar-refractivity contribution in [3.05, 3.63) is 29.6 Å². The fourth-order valence-electron chi connectivity index (χ4n) is 2.70. The van der Waals surface area contributed by atoms with Crippen molar-refractivity contribution in [2.75, 3.05) is 0 Å². The van der Waals surface area contributed by atoms with E-state index in [1.54, 1.807) is 0 Å². The molecule has 1 aliphatic carbocycles. The monoisotopic (exact) mass is 291 g/mol. The van der Waals surface area contributed by atoms with Crippen molar-refractivity contribution in [3.63, 3.8) is 0 Å². The number of hydrogen-bond acceptors (Lipinski definition) is 2. The third-order valence-corrected chi connectivity index (χ3v) is 3.72. The number of halogens is 4. The van der Waals surface area contributed by atoms with Crippen LogP contribution in [-0.2, 0) is 0 Å². The number of nitrogens with two attached hydrogens (primary N) is 1. The Morgan fingerprint density at radius 3 is 2.35 bits per heavy atom. The van der Waals surface area contributed by atoms with Gasteiger partial charge in [-0.25, -0.2) is 4.39 Å². The van der Waals surface area contributed by atoms with Crippen molar-refractivity contribution in [1.29, 1.82) is 0 Å². The summed E-state index contributed by atoms with van der Waals surface area (Å²) < 4.78 is 53.4. The lowest BCUT2D eigenvalue weighted by Gasteiger charge is -2.28. The minimum Gasteiger partial charge on any atom is -0.403 e. The molecule has 2 nitrogen and oxygen atoms in total. The summed E-state index contributed by atoms with van der Waals surface area (Å²) >= 11 is 0. The van der Waals surface area contributed by atoms with Gasteiger partial charge in [-0.15, -0.1) is 13.2 Å². The molecule has 6 heteroatoms. The summed E-state index contributed by atoms with van der Waals surface area (Å²) in [5.41, 5.74) is 6.60. The third-order valence-electron chi connectivity index (χ3n) is 3.72. The molecule has 2 rings (SSSR count). The zero-order valence-electron chi connectivity index (χ0n) is 10.9. The van der Waals surface area contributed by atoms with Crippen molar-refractivity contribution in [3.8, 4) is 5.75 Å². The summed E-state index contributed by atoms with van der Waals surface area (Å²) in [5.74, 6) is -1.60. The number of hydrogen-bond donors (Lipinski definition) is 1. The highest BCUT2D eigenvalue weighted by Crippen LogP contribution is 2.34. The molecule has 112 valence electrons. The van der Waals surface area contributed by atoms with E-state index in [9.17, 15) is 17.6 Å². The summed E-state index contributed by atoms with van der Waals surface area (Å²) in [7, 11) is 0. The fourth-order valence-corrected chi connectivity index (χ4v) is 2.70. The average molecular weight is 291 g/mol. The van der Waals surface area contributed by atoms with Crippen molar-refractivity contribution in [2.45, 2.75) is 44.5 Å². The van der Waals surface area contributed by atoms with Crippen LogP contribution >= 0.6 is 0 Å². The van der Waals surface area contributed by atoms with E-state index in [1.165, 1.54) is 12.5 Å². The molecule has 0 heterocycles. The second-order valence-electron chi connectivity index (χ2n) is 5.16. The van der Waals surface area contributed by atoms with E-state index < -0.39 is 17.9 Å². The van der Waals surface area contributed by atoms with Gasteiger partial charge in [-0.3, -0.25) is 0 Å². The Bertz CT molecular complexity index is 455. The summed E-state index contributed by atoms with van der Waals surface area (Å²) in [4.78, 5) is 0. The van der Waals surface area contributed by atoms with Crippen LogP contribution in [0.4, 0.5) is 17.6 Å². The Hall–Kier alpha value is -1.30. The van der Waals surface area contributed by atoms with Gasteiger partial charge in [0, 0.05) is 6.04 Å². The minimum absolute atomic E-state index is 0.262. The largest absolute Gasteiger partial charge is 0.573 e. The Kier molecular flexibility index (Phi) is 4.52. The van der Waals surface area contributed by atoms with Gasteiger partial charge in [0.2, 0.25) is 0 Å². The topological polar surface area (TPSA) is 35.2 Å². The van der Waals surface area contributed by atoms with Gasteiger partial charge in [0.05, 0.1) is 0 Å². The summed E-state index contributed by atoms with van der Waals surface area (Å²) in [6, 6.07) is 3.09. The van der Waals surface area contributed by atoms with E-state index in [0.717, 1.165) is 37.8 Å². The first-order valence-electron chi connectivity index (χ1n) is 6.67. The summed E-state index contributed by atoms with van der Waals surface area (Å²) in [6.45, 7) is 0. The van der Waals surface area contributed by atoms with Crippen LogP contribution in [0, 0.1) is 11.7 Å². The maximum Gasteiger partial charge on any atom is 0.573 e. The molecule has 0 amide bonds. The molecule has 0 radical (unpaired) electrons. The van der Waals surface area contributed by atoms with E-state index in [2.05, 4.69) is 4.74 Å². The molecule has 0 bridgehead atoms. The van der Waals surface area contributed by atoms with Gasteiger partial charge in [0.25, 0.3) is 0 Å². The van der Waals surface area contributed by atoms with Crippen LogP contribution in [0.2, 0.25) is 0 Å². The van der Waals surface area contributed by atoms with Crippen LogP contribution in [-0.4, -0.2) is 6.36 Å². The number of alkyl halides is 3. The van der Waals surface area contributed by atoms with Crippen molar-refractivity contribution in [1.82, 2.24) is 0 Å².